The Hall–Kier alpha value is -3.48. The van der Waals surface area contributed by atoms with Gasteiger partial charge in [-0.3, -0.25) is 0 Å². The van der Waals surface area contributed by atoms with E-state index in [4.69, 9.17) is 18.9 Å². The Kier molecular flexibility index (Phi) is 10.2. The van der Waals surface area contributed by atoms with E-state index in [0.717, 1.165) is 47.6 Å². The van der Waals surface area contributed by atoms with Gasteiger partial charge >= 0.3 is 11.9 Å². The highest BCUT2D eigenvalue weighted by Gasteiger charge is 2.37. The van der Waals surface area contributed by atoms with Gasteiger partial charge in [-0.05, 0) is 111 Å². The fourth-order valence-corrected chi connectivity index (χ4v) is 9.30. The number of esters is 2. The zero-order valence-corrected chi connectivity index (χ0v) is 30.7. The maximum atomic E-state index is 13.7. The number of hydrogen-bond acceptors (Lipinski definition) is 6. The number of carbonyl (C=O) groups is 2. The molecule has 8 unspecified atom stereocenters. The van der Waals surface area contributed by atoms with Crippen LogP contribution >= 0.6 is 0 Å². The lowest BCUT2D eigenvalue weighted by Crippen LogP contribution is -2.37. The van der Waals surface area contributed by atoms with Gasteiger partial charge in [-0.1, -0.05) is 103 Å². The molecule has 2 saturated carbocycles. The first-order valence-electron chi connectivity index (χ1n) is 19.1. The van der Waals surface area contributed by atoms with Crippen molar-refractivity contribution in [3.63, 3.8) is 0 Å². The summed E-state index contributed by atoms with van der Waals surface area (Å²) >= 11 is 0. The second-order valence-electron chi connectivity index (χ2n) is 16.3. The Morgan fingerprint density at radius 2 is 1.26 bits per heavy atom. The van der Waals surface area contributed by atoms with E-state index in [-0.39, 0.29) is 25.4 Å². The normalized spacial score (nSPS) is 28.5. The molecule has 50 heavy (non-hydrogen) atoms. The Morgan fingerprint density at radius 3 is 1.86 bits per heavy atom. The van der Waals surface area contributed by atoms with Crippen molar-refractivity contribution in [2.24, 2.45) is 35.5 Å². The van der Waals surface area contributed by atoms with Gasteiger partial charge in [-0.25, -0.2) is 9.59 Å². The number of fused-ring (bicyclic) bond motifs is 2. The molecule has 4 aromatic carbocycles. The molecule has 0 spiro atoms. The minimum absolute atomic E-state index is 0.0220. The van der Waals surface area contributed by atoms with Crippen LogP contribution < -0.4 is 0 Å². The summed E-state index contributed by atoms with van der Waals surface area (Å²) in [5.41, 5.74) is 1.81. The van der Waals surface area contributed by atoms with Crippen LogP contribution in [-0.4, -0.2) is 43.5 Å². The van der Waals surface area contributed by atoms with Crippen molar-refractivity contribution < 1.29 is 28.5 Å². The van der Waals surface area contributed by atoms with Crippen LogP contribution in [0.15, 0.2) is 54.6 Å². The average Bonchev–Trinajstić information content (AvgIpc) is 3.09. The van der Waals surface area contributed by atoms with E-state index >= 15 is 0 Å². The highest BCUT2D eigenvalue weighted by atomic mass is 16.6. The molecule has 0 radical (unpaired) electrons. The molecule has 7 rings (SSSR count). The minimum atomic E-state index is -0.818. The predicted octanol–water partition coefficient (Wildman–Crippen LogP) is 10.1. The summed E-state index contributed by atoms with van der Waals surface area (Å²) in [7, 11) is 0. The number of ether oxygens (including phenoxy) is 4. The molecule has 2 fully saturated rings. The Bertz CT molecular complexity index is 1840. The van der Waals surface area contributed by atoms with Crippen molar-refractivity contribution in [3.8, 4) is 0 Å². The van der Waals surface area contributed by atoms with Gasteiger partial charge in [-0.15, -0.1) is 0 Å². The summed E-state index contributed by atoms with van der Waals surface area (Å²) in [5.74, 6) is 2.04. The molecule has 4 aromatic rings. The molecule has 0 heterocycles. The zero-order valence-electron chi connectivity index (χ0n) is 30.7. The van der Waals surface area contributed by atoms with Crippen LogP contribution in [0.25, 0.3) is 38.4 Å². The van der Waals surface area contributed by atoms with Crippen LogP contribution in [0.5, 0.6) is 0 Å². The fraction of sp³-hybridized carbons (Fsp3) is 0.545. The van der Waals surface area contributed by atoms with Gasteiger partial charge in [0, 0.05) is 5.56 Å². The molecule has 6 heteroatoms. The quantitative estimate of drug-likeness (QED) is 0.123. The minimum Gasteiger partial charge on any atom is -0.452 e. The van der Waals surface area contributed by atoms with E-state index in [2.05, 4.69) is 90.1 Å². The molecule has 0 bridgehead atoms. The lowest BCUT2D eigenvalue weighted by Gasteiger charge is -2.37. The predicted molar refractivity (Wildman–Crippen MR) is 200 cm³/mol. The molecule has 0 amide bonds. The molecule has 266 valence electrons. The summed E-state index contributed by atoms with van der Waals surface area (Å²) in [5, 5.41) is 6.95. The van der Waals surface area contributed by atoms with Crippen molar-refractivity contribution in [1.29, 1.82) is 0 Å². The molecule has 0 N–H and O–H groups in total. The molecule has 3 aliphatic rings. The largest absolute Gasteiger partial charge is 0.452 e. The number of benzene rings is 4. The topological polar surface area (TPSA) is 71.1 Å². The molecule has 8 atom stereocenters. The van der Waals surface area contributed by atoms with Gasteiger partial charge in [0.1, 0.15) is 13.2 Å². The first-order valence-corrected chi connectivity index (χ1v) is 19.1. The van der Waals surface area contributed by atoms with Crippen LogP contribution in [0.4, 0.5) is 0 Å². The number of carbonyl (C=O) groups excluding carboxylic acids is 2. The Morgan fingerprint density at radius 1 is 0.700 bits per heavy atom. The van der Waals surface area contributed by atoms with E-state index in [1.807, 2.05) is 12.2 Å². The number of hydrogen-bond donors (Lipinski definition) is 0. The average molecular weight is 679 g/mol. The SMILES string of the molecule is CC1CCC(C(C)C)C(OCC(=O)OC2C=Cc3c(cc4ccc5cccc6ccc3c4c56)C2OC(=O)COC2CC(C)CCC2C(C)C)C1. The van der Waals surface area contributed by atoms with Crippen LogP contribution in [0.1, 0.15) is 97.3 Å². The van der Waals surface area contributed by atoms with Gasteiger partial charge < -0.3 is 18.9 Å². The smallest absolute Gasteiger partial charge is 0.332 e. The van der Waals surface area contributed by atoms with Crippen LogP contribution in [0.3, 0.4) is 0 Å². The maximum Gasteiger partial charge on any atom is 0.332 e. The third kappa shape index (κ3) is 7.03. The van der Waals surface area contributed by atoms with E-state index in [9.17, 15) is 9.59 Å². The maximum absolute atomic E-state index is 13.7. The third-order valence-electron chi connectivity index (χ3n) is 12.1. The van der Waals surface area contributed by atoms with Gasteiger partial charge in [0.2, 0.25) is 0 Å². The summed E-state index contributed by atoms with van der Waals surface area (Å²) in [6.07, 6.45) is 8.83. The molecule has 6 nitrogen and oxygen atoms in total. The monoisotopic (exact) mass is 678 g/mol. The second-order valence-corrected chi connectivity index (χ2v) is 16.3. The standard InChI is InChI=1S/C44H54O6/c1-25(2)32-15-10-27(5)20-38(32)47-23-40(45)49-37-19-18-34-35-17-14-30-9-7-8-29-12-13-31(43(35)42(29)30)22-36(34)44(37)50-41(46)24-48-39-21-28(6)11-16-33(39)26(3)4/h7-9,12-14,17-19,22,25-28,32-33,37-39,44H,10-11,15-16,20-21,23-24H2,1-6H3. The Balaban J connectivity index is 1.15. The van der Waals surface area contributed by atoms with Gasteiger partial charge in [0.25, 0.3) is 0 Å². The lowest BCUT2D eigenvalue weighted by atomic mass is 9.75. The number of rotatable bonds is 10. The lowest BCUT2D eigenvalue weighted by molar-refractivity contribution is -0.175. The summed E-state index contributed by atoms with van der Waals surface area (Å²) in [6, 6.07) is 17.1. The first-order chi connectivity index (χ1) is 24.1. The van der Waals surface area contributed by atoms with Gasteiger partial charge in [0.15, 0.2) is 12.2 Å². The molecule has 3 aliphatic carbocycles. The molecule has 0 aromatic heterocycles. The van der Waals surface area contributed by atoms with Crippen LogP contribution in [0.2, 0.25) is 0 Å². The Labute approximate surface area is 297 Å². The second kappa shape index (κ2) is 14.6. The first kappa shape index (κ1) is 34.9. The molecular weight excluding hydrogens is 624 g/mol. The zero-order chi connectivity index (χ0) is 35.1. The van der Waals surface area contributed by atoms with E-state index < -0.39 is 24.1 Å². The van der Waals surface area contributed by atoms with Crippen molar-refractivity contribution in [2.45, 2.75) is 104 Å². The van der Waals surface area contributed by atoms with Crippen molar-refractivity contribution >= 4 is 50.3 Å². The third-order valence-corrected chi connectivity index (χ3v) is 12.1. The van der Waals surface area contributed by atoms with Gasteiger partial charge in [0.05, 0.1) is 12.2 Å². The van der Waals surface area contributed by atoms with Crippen molar-refractivity contribution in [1.82, 2.24) is 0 Å². The van der Waals surface area contributed by atoms with Crippen molar-refractivity contribution in [2.75, 3.05) is 13.2 Å². The van der Waals surface area contributed by atoms with E-state index in [1.165, 1.54) is 34.4 Å². The van der Waals surface area contributed by atoms with Crippen LogP contribution in [0, 0.1) is 35.5 Å². The van der Waals surface area contributed by atoms with E-state index in [1.54, 1.807) is 0 Å². The highest BCUT2D eigenvalue weighted by molar-refractivity contribution is 6.24. The summed E-state index contributed by atoms with van der Waals surface area (Å²) in [6.45, 7) is 13.2. The highest BCUT2D eigenvalue weighted by Crippen LogP contribution is 2.43. The molecule has 0 aliphatic heterocycles. The van der Waals surface area contributed by atoms with E-state index in [0.29, 0.717) is 35.5 Å². The molecular formula is C44H54O6. The van der Waals surface area contributed by atoms with Gasteiger partial charge in [-0.2, -0.15) is 0 Å². The fourth-order valence-electron chi connectivity index (χ4n) is 9.30. The van der Waals surface area contributed by atoms with Crippen LogP contribution in [-0.2, 0) is 28.5 Å². The van der Waals surface area contributed by atoms with Crippen molar-refractivity contribution in [3.05, 3.63) is 65.7 Å². The molecule has 0 saturated heterocycles. The summed E-state index contributed by atoms with van der Waals surface area (Å²) < 4.78 is 25.0. The summed E-state index contributed by atoms with van der Waals surface area (Å²) in [4.78, 5) is 27.1.